The molecule has 2 rings (SSSR count). The highest BCUT2D eigenvalue weighted by molar-refractivity contribution is 6.34. The maximum absolute atomic E-state index is 12.2. The molecule has 0 aliphatic rings. The molecule has 0 radical (unpaired) electrons. The van der Waals surface area contributed by atoms with Crippen molar-refractivity contribution in [1.82, 2.24) is 4.98 Å². The maximum atomic E-state index is 12.2. The van der Waals surface area contributed by atoms with E-state index in [-0.39, 0.29) is 16.3 Å². The van der Waals surface area contributed by atoms with E-state index in [2.05, 4.69) is 10.3 Å². The van der Waals surface area contributed by atoms with Crippen LogP contribution in [0.3, 0.4) is 0 Å². The Bertz CT molecular complexity index is 711. The molecule has 0 saturated carbocycles. The lowest BCUT2D eigenvalue weighted by atomic mass is 10.2. The molecule has 0 atom stereocenters. The van der Waals surface area contributed by atoms with Crippen molar-refractivity contribution in [2.24, 2.45) is 0 Å². The van der Waals surface area contributed by atoms with E-state index in [1.807, 2.05) is 19.9 Å². The van der Waals surface area contributed by atoms with E-state index in [0.29, 0.717) is 5.82 Å². The molecule has 1 aromatic heterocycles. The van der Waals surface area contributed by atoms with Crippen molar-refractivity contribution in [3.8, 4) is 0 Å². The van der Waals surface area contributed by atoms with Gasteiger partial charge < -0.3 is 5.32 Å². The van der Waals surface area contributed by atoms with E-state index in [4.69, 9.17) is 11.6 Å². The number of benzene rings is 1. The molecule has 7 heteroatoms. The number of hydrogen-bond donors (Lipinski definition) is 1. The number of nitrogens with zero attached hydrogens (tertiary/aromatic N) is 2. The first-order valence-electron chi connectivity index (χ1n) is 6.07. The van der Waals surface area contributed by atoms with Gasteiger partial charge in [0.1, 0.15) is 5.82 Å². The number of nitro benzene ring substituents is 1. The lowest BCUT2D eigenvalue weighted by Crippen LogP contribution is -2.14. The SMILES string of the molecule is Cc1cc(C)nc(NC(=O)c2cc([N+](=O)[O-])ccc2Cl)c1. The number of carbonyl (C=O) groups is 1. The van der Waals surface area contributed by atoms with Gasteiger partial charge in [0, 0.05) is 17.8 Å². The van der Waals surface area contributed by atoms with E-state index >= 15 is 0 Å². The number of pyridine rings is 1. The lowest BCUT2D eigenvalue weighted by Gasteiger charge is -2.07. The van der Waals surface area contributed by atoms with Gasteiger partial charge in [0.25, 0.3) is 11.6 Å². The molecule has 1 amide bonds. The van der Waals surface area contributed by atoms with Crippen molar-refractivity contribution in [2.75, 3.05) is 5.32 Å². The molecule has 6 nitrogen and oxygen atoms in total. The molecule has 2 aromatic rings. The fourth-order valence-electron chi connectivity index (χ4n) is 1.89. The molecular weight excluding hydrogens is 294 g/mol. The molecule has 0 fully saturated rings. The number of nitro groups is 1. The number of aryl methyl sites for hydroxylation is 2. The smallest absolute Gasteiger partial charge is 0.270 e. The van der Waals surface area contributed by atoms with Crippen LogP contribution >= 0.6 is 11.6 Å². The predicted octanol–water partition coefficient (Wildman–Crippen LogP) is 3.51. The van der Waals surface area contributed by atoms with Crippen molar-refractivity contribution < 1.29 is 9.72 Å². The van der Waals surface area contributed by atoms with Crippen LogP contribution in [0.2, 0.25) is 5.02 Å². The summed E-state index contributed by atoms with van der Waals surface area (Å²) in [4.78, 5) is 26.5. The van der Waals surface area contributed by atoms with Crippen molar-refractivity contribution >= 4 is 29.0 Å². The fraction of sp³-hybridized carbons (Fsp3) is 0.143. The van der Waals surface area contributed by atoms with Gasteiger partial charge in [-0.1, -0.05) is 11.6 Å². The van der Waals surface area contributed by atoms with Crippen LogP contribution in [0, 0.1) is 24.0 Å². The Morgan fingerprint density at radius 3 is 2.62 bits per heavy atom. The van der Waals surface area contributed by atoms with Crippen molar-refractivity contribution in [3.05, 3.63) is 62.3 Å². The summed E-state index contributed by atoms with van der Waals surface area (Å²) in [7, 11) is 0. The Morgan fingerprint density at radius 2 is 2.00 bits per heavy atom. The Balaban J connectivity index is 2.31. The normalized spacial score (nSPS) is 10.2. The Hall–Kier alpha value is -2.47. The molecule has 0 bridgehead atoms. The third-order valence-corrected chi connectivity index (χ3v) is 3.07. The fourth-order valence-corrected chi connectivity index (χ4v) is 2.09. The quantitative estimate of drug-likeness (QED) is 0.694. The van der Waals surface area contributed by atoms with Gasteiger partial charge in [-0.3, -0.25) is 14.9 Å². The van der Waals surface area contributed by atoms with E-state index in [0.717, 1.165) is 17.3 Å². The zero-order valence-corrected chi connectivity index (χ0v) is 12.1. The first kappa shape index (κ1) is 14.9. The number of hydrogen-bond acceptors (Lipinski definition) is 4. The van der Waals surface area contributed by atoms with Crippen LogP contribution in [-0.4, -0.2) is 15.8 Å². The van der Waals surface area contributed by atoms with E-state index in [9.17, 15) is 14.9 Å². The van der Waals surface area contributed by atoms with E-state index in [1.165, 1.54) is 12.1 Å². The highest BCUT2D eigenvalue weighted by Crippen LogP contribution is 2.23. The van der Waals surface area contributed by atoms with Gasteiger partial charge in [-0.05, 0) is 37.6 Å². The van der Waals surface area contributed by atoms with Gasteiger partial charge >= 0.3 is 0 Å². The summed E-state index contributed by atoms with van der Waals surface area (Å²) in [5.74, 6) is -0.165. The number of anilines is 1. The van der Waals surface area contributed by atoms with Gasteiger partial charge in [-0.15, -0.1) is 0 Å². The van der Waals surface area contributed by atoms with Gasteiger partial charge in [0.2, 0.25) is 0 Å². The molecule has 0 spiro atoms. The zero-order chi connectivity index (χ0) is 15.6. The lowest BCUT2D eigenvalue weighted by molar-refractivity contribution is -0.384. The number of carbonyl (C=O) groups excluding carboxylic acids is 1. The van der Waals surface area contributed by atoms with Crippen LogP contribution in [0.25, 0.3) is 0 Å². The Kier molecular flexibility index (Phi) is 4.18. The third kappa shape index (κ3) is 3.55. The highest BCUT2D eigenvalue weighted by atomic mass is 35.5. The summed E-state index contributed by atoms with van der Waals surface area (Å²) in [6, 6.07) is 7.28. The minimum Gasteiger partial charge on any atom is -0.306 e. The van der Waals surface area contributed by atoms with Crippen LogP contribution in [0.1, 0.15) is 21.6 Å². The molecule has 1 aromatic carbocycles. The number of non-ortho nitro benzene ring substituents is 1. The van der Waals surface area contributed by atoms with Crippen LogP contribution in [0.4, 0.5) is 11.5 Å². The average Bonchev–Trinajstić information content (AvgIpc) is 2.37. The van der Waals surface area contributed by atoms with Crippen molar-refractivity contribution in [1.29, 1.82) is 0 Å². The summed E-state index contributed by atoms with van der Waals surface area (Å²) >= 11 is 5.92. The molecule has 108 valence electrons. The standard InChI is InChI=1S/C14H12ClN3O3/c1-8-5-9(2)16-13(6-8)17-14(19)11-7-10(18(20)21)3-4-12(11)15/h3-7H,1-2H3,(H,16,17,19). The highest BCUT2D eigenvalue weighted by Gasteiger charge is 2.16. The first-order valence-corrected chi connectivity index (χ1v) is 6.45. The molecule has 21 heavy (non-hydrogen) atoms. The van der Waals surface area contributed by atoms with E-state index < -0.39 is 10.8 Å². The summed E-state index contributed by atoms with van der Waals surface area (Å²) in [5.41, 5.74) is 1.54. The van der Waals surface area contributed by atoms with Gasteiger partial charge in [-0.25, -0.2) is 4.98 Å². The second-order valence-corrected chi connectivity index (χ2v) is 4.95. The summed E-state index contributed by atoms with van der Waals surface area (Å²) < 4.78 is 0. The Labute approximate surface area is 125 Å². The number of rotatable bonds is 3. The average molecular weight is 306 g/mol. The second kappa shape index (κ2) is 5.88. The Morgan fingerprint density at radius 1 is 1.29 bits per heavy atom. The van der Waals surface area contributed by atoms with Crippen LogP contribution in [0.5, 0.6) is 0 Å². The van der Waals surface area contributed by atoms with Crippen LogP contribution in [-0.2, 0) is 0 Å². The summed E-state index contributed by atoms with van der Waals surface area (Å²) in [6.45, 7) is 3.69. The van der Waals surface area contributed by atoms with Gasteiger partial charge in [0.15, 0.2) is 0 Å². The number of amides is 1. The van der Waals surface area contributed by atoms with Crippen molar-refractivity contribution in [3.63, 3.8) is 0 Å². The summed E-state index contributed by atoms with van der Waals surface area (Å²) in [6.07, 6.45) is 0. The molecule has 0 saturated heterocycles. The van der Waals surface area contributed by atoms with Gasteiger partial charge in [-0.2, -0.15) is 0 Å². The van der Waals surface area contributed by atoms with Crippen molar-refractivity contribution in [2.45, 2.75) is 13.8 Å². The van der Waals surface area contributed by atoms with E-state index in [1.54, 1.807) is 6.07 Å². The molecule has 0 unspecified atom stereocenters. The number of aromatic nitrogens is 1. The maximum Gasteiger partial charge on any atom is 0.270 e. The largest absolute Gasteiger partial charge is 0.306 e. The third-order valence-electron chi connectivity index (χ3n) is 2.74. The second-order valence-electron chi connectivity index (χ2n) is 4.55. The number of nitrogens with one attached hydrogen (secondary N) is 1. The molecule has 1 heterocycles. The first-order chi connectivity index (χ1) is 9.86. The van der Waals surface area contributed by atoms with Gasteiger partial charge in [0.05, 0.1) is 15.5 Å². The topological polar surface area (TPSA) is 85.1 Å². The van der Waals surface area contributed by atoms with Crippen LogP contribution in [0.15, 0.2) is 30.3 Å². The minimum absolute atomic E-state index is 0.0341. The monoisotopic (exact) mass is 305 g/mol. The molecule has 0 aliphatic carbocycles. The molecule has 0 aliphatic heterocycles. The zero-order valence-electron chi connectivity index (χ0n) is 11.4. The van der Waals surface area contributed by atoms with Crippen LogP contribution < -0.4 is 5.32 Å². The molecule has 1 N–H and O–H groups in total. The summed E-state index contributed by atoms with van der Waals surface area (Å²) in [5, 5.41) is 13.5. The number of halogens is 1. The predicted molar refractivity (Wildman–Crippen MR) is 79.8 cm³/mol. The minimum atomic E-state index is -0.581. The molecular formula is C14H12ClN3O3.